The molecule has 2 aliphatic rings. The number of rotatable bonds is 3. The van der Waals surface area contributed by atoms with Gasteiger partial charge in [-0.05, 0) is 49.8 Å². The van der Waals surface area contributed by atoms with Crippen LogP contribution in [-0.4, -0.2) is 53.0 Å². The number of carbonyl (C=O) groups is 1. The minimum Gasteiger partial charge on any atom is -0.408 e. The molecule has 7 heteroatoms. The van der Waals surface area contributed by atoms with Crippen molar-refractivity contribution in [1.29, 1.82) is 0 Å². The lowest BCUT2D eigenvalue weighted by molar-refractivity contribution is -0.134. The molecular weight excluding hydrogens is 366 g/mol. The zero-order valence-corrected chi connectivity index (χ0v) is 16.5. The first-order valence-electron chi connectivity index (χ1n) is 9.82. The number of hydrogen-bond acceptors (Lipinski definition) is 4. The molecule has 1 aromatic heterocycles. The fourth-order valence-electron chi connectivity index (χ4n) is 4.24. The van der Waals surface area contributed by atoms with Crippen LogP contribution in [0.2, 0.25) is 5.02 Å². The highest BCUT2D eigenvalue weighted by molar-refractivity contribution is 6.31. The Morgan fingerprint density at radius 3 is 2.56 bits per heavy atom. The Balaban J connectivity index is 1.38. The fraction of sp³-hybridized carbons (Fsp3) is 0.600. The van der Waals surface area contributed by atoms with Crippen molar-refractivity contribution < 1.29 is 9.21 Å². The summed E-state index contributed by atoms with van der Waals surface area (Å²) in [5, 5.41) is 0.593. The van der Waals surface area contributed by atoms with Gasteiger partial charge in [-0.2, -0.15) is 0 Å². The summed E-state index contributed by atoms with van der Waals surface area (Å²) in [6.07, 6.45) is 3.86. The maximum atomic E-state index is 12.5. The Morgan fingerprint density at radius 1 is 1.15 bits per heavy atom. The van der Waals surface area contributed by atoms with Crippen molar-refractivity contribution >= 4 is 28.6 Å². The summed E-state index contributed by atoms with van der Waals surface area (Å²) in [4.78, 5) is 29.1. The lowest BCUT2D eigenvalue weighted by Gasteiger charge is -2.35. The van der Waals surface area contributed by atoms with Crippen LogP contribution in [0.25, 0.3) is 11.1 Å². The minimum atomic E-state index is -0.329. The van der Waals surface area contributed by atoms with Gasteiger partial charge in [0.05, 0.1) is 12.1 Å². The van der Waals surface area contributed by atoms with Gasteiger partial charge in [0, 0.05) is 37.2 Å². The molecule has 0 N–H and O–H groups in total. The predicted molar refractivity (Wildman–Crippen MR) is 105 cm³/mol. The zero-order valence-electron chi connectivity index (χ0n) is 15.7. The summed E-state index contributed by atoms with van der Waals surface area (Å²) in [5.74, 6) is 0.628. The molecule has 146 valence electrons. The maximum Gasteiger partial charge on any atom is 0.420 e. The van der Waals surface area contributed by atoms with E-state index < -0.39 is 0 Å². The number of amides is 1. The van der Waals surface area contributed by atoms with Gasteiger partial charge in [-0.25, -0.2) is 4.79 Å². The Bertz CT molecular complexity index is 874. The number of carbonyl (C=O) groups excluding carboxylic acids is 1. The van der Waals surface area contributed by atoms with E-state index in [2.05, 4.69) is 11.8 Å². The summed E-state index contributed by atoms with van der Waals surface area (Å²) >= 11 is 6.09. The molecule has 0 bridgehead atoms. The van der Waals surface area contributed by atoms with E-state index in [1.165, 1.54) is 0 Å². The van der Waals surface area contributed by atoms with Crippen LogP contribution in [-0.2, 0) is 4.79 Å². The number of benzene rings is 1. The highest BCUT2D eigenvalue weighted by Crippen LogP contribution is 2.27. The number of aromatic nitrogens is 1. The number of fused-ring (bicyclic) bond motifs is 1. The largest absolute Gasteiger partial charge is 0.420 e. The average Bonchev–Trinajstić information content (AvgIpc) is 2.98. The highest BCUT2D eigenvalue weighted by Gasteiger charge is 2.27. The number of nitrogens with zero attached hydrogens (tertiary/aromatic N) is 3. The van der Waals surface area contributed by atoms with E-state index >= 15 is 0 Å². The van der Waals surface area contributed by atoms with Gasteiger partial charge in [0.1, 0.15) is 0 Å². The molecule has 2 saturated heterocycles. The average molecular weight is 392 g/mol. The van der Waals surface area contributed by atoms with Gasteiger partial charge in [-0.1, -0.05) is 18.5 Å². The Hall–Kier alpha value is -1.79. The molecule has 0 unspecified atom stereocenters. The molecule has 0 radical (unpaired) electrons. The first-order chi connectivity index (χ1) is 13.0. The molecule has 0 saturated carbocycles. The van der Waals surface area contributed by atoms with E-state index in [0.29, 0.717) is 17.2 Å². The van der Waals surface area contributed by atoms with Crippen LogP contribution in [0.4, 0.5) is 0 Å². The smallest absolute Gasteiger partial charge is 0.408 e. The molecule has 0 aliphatic carbocycles. The molecule has 0 atom stereocenters. The second-order valence-corrected chi connectivity index (χ2v) is 8.36. The standard InChI is InChI=1S/C20H26ClN3O3/c1-14-4-10-23(11-5-14)19(25)13-22-8-6-16(7-9-22)24-17-12-15(21)2-3-18(17)27-20(24)26/h2-3,12,14,16H,4-11,13H2,1H3. The zero-order chi connectivity index (χ0) is 19.0. The van der Waals surface area contributed by atoms with Gasteiger partial charge in [-0.15, -0.1) is 0 Å². The normalized spacial score (nSPS) is 20.4. The molecule has 2 fully saturated rings. The van der Waals surface area contributed by atoms with Crippen molar-refractivity contribution in [3.63, 3.8) is 0 Å². The molecule has 2 aliphatic heterocycles. The van der Waals surface area contributed by atoms with Crippen LogP contribution in [0, 0.1) is 5.92 Å². The van der Waals surface area contributed by atoms with E-state index in [1.807, 2.05) is 4.90 Å². The summed E-state index contributed by atoms with van der Waals surface area (Å²) in [6.45, 7) is 6.11. The summed E-state index contributed by atoms with van der Waals surface area (Å²) < 4.78 is 7.09. The molecule has 6 nitrogen and oxygen atoms in total. The molecular formula is C20H26ClN3O3. The van der Waals surface area contributed by atoms with E-state index in [1.54, 1.807) is 22.8 Å². The lowest BCUT2D eigenvalue weighted by atomic mass is 9.99. The second kappa shape index (κ2) is 7.68. The van der Waals surface area contributed by atoms with E-state index in [9.17, 15) is 9.59 Å². The van der Waals surface area contributed by atoms with Gasteiger partial charge in [0.2, 0.25) is 5.91 Å². The van der Waals surface area contributed by atoms with Crippen LogP contribution < -0.4 is 5.76 Å². The van der Waals surface area contributed by atoms with Crippen molar-refractivity contribution in [3.8, 4) is 0 Å². The number of piperidine rings is 2. The number of halogens is 1. The topological polar surface area (TPSA) is 58.7 Å². The van der Waals surface area contributed by atoms with Gasteiger partial charge < -0.3 is 9.32 Å². The molecule has 4 rings (SSSR count). The van der Waals surface area contributed by atoms with E-state index in [4.69, 9.17) is 16.0 Å². The molecule has 1 amide bonds. The van der Waals surface area contributed by atoms with Gasteiger partial charge in [0.25, 0.3) is 0 Å². The third-order valence-corrected chi connectivity index (χ3v) is 6.23. The second-order valence-electron chi connectivity index (χ2n) is 7.92. The van der Waals surface area contributed by atoms with Crippen LogP contribution in [0.3, 0.4) is 0 Å². The third-order valence-electron chi connectivity index (χ3n) is 5.99. The molecule has 1 aromatic carbocycles. The molecule has 2 aromatic rings. The fourth-order valence-corrected chi connectivity index (χ4v) is 4.40. The van der Waals surface area contributed by atoms with Crippen molar-refractivity contribution in [2.24, 2.45) is 5.92 Å². The first kappa shape index (κ1) is 18.6. The van der Waals surface area contributed by atoms with Crippen molar-refractivity contribution in [3.05, 3.63) is 33.8 Å². The van der Waals surface area contributed by atoms with Gasteiger partial charge in [0.15, 0.2) is 5.58 Å². The quantitative estimate of drug-likeness (QED) is 0.806. The lowest BCUT2D eigenvalue weighted by Crippen LogP contribution is -2.46. The molecule has 3 heterocycles. The SMILES string of the molecule is CC1CCN(C(=O)CN2CCC(n3c(=O)oc4ccc(Cl)cc43)CC2)CC1. The third kappa shape index (κ3) is 3.92. The number of hydrogen-bond donors (Lipinski definition) is 0. The minimum absolute atomic E-state index is 0.0828. The highest BCUT2D eigenvalue weighted by atomic mass is 35.5. The van der Waals surface area contributed by atoms with Crippen LogP contribution in [0.1, 0.15) is 38.6 Å². The summed E-state index contributed by atoms with van der Waals surface area (Å²) in [6, 6.07) is 5.34. The molecule has 27 heavy (non-hydrogen) atoms. The van der Waals surface area contributed by atoms with E-state index in [0.717, 1.165) is 63.3 Å². The van der Waals surface area contributed by atoms with Gasteiger partial charge >= 0.3 is 5.76 Å². The van der Waals surface area contributed by atoms with Crippen LogP contribution in [0.5, 0.6) is 0 Å². The maximum absolute atomic E-state index is 12.5. The van der Waals surface area contributed by atoms with Crippen molar-refractivity contribution in [2.75, 3.05) is 32.7 Å². The predicted octanol–water partition coefficient (Wildman–Crippen LogP) is 3.14. The summed E-state index contributed by atoms with van der Waals surface area (Å²) in [7, 11) is 0. The van der Waals surface area contributed by atoms with E-state index in [-0.39, 0.29) is 17.7 Å². The van der Waals surface area contributed by atoms with Crippen molar-refractivity contribution in [1.82, 2.24) is 14.4 Å². The first-order valence-corrected chi connectivity index (χ1v) is 10.2. The monoisotopic (exact) mass is 391 g/mol. The molecule has 0 spiro atoms. The van der Waals surface area contributed by atoms with Crippen LogP contribution >= 0.6 is 11.6 Å². The number of oxazole rings is 1. The number of likely N-dealkylation sites (tertiary alicyclic amines) is 2. The summed E-state index contributed by atoms with van der Waals surface area (Å²) in [5.41, 5.74) is 1.32. The van der Waals surface area contributed by atoms with Gasteiger partial charge in [-0.3, -0.25) is 14.3 Å². The Kier molecular flexibility index (Phi) is 5.28. The van der Waals surface area contributed by atoms with Crippen molar-refractivity contribution in [2.45, 2.75) is 38.6 Å². The Morgan fingerprint density at radius 2 is 1.85 bits per heavy atom. The Labute approximate surface area is 163 Å². The van der Waals surface area contributed by atoms with Crippen LogP contribution in [0.15, 0.2) is 27.4 Å².